The Bertz CT molecular complexity index is 767. The van der Waals surface area contributed by atoms with Crippen LogP contribution in [0, 0.1) is 11.6 Å². The van der Waals surface area contributed by atoms with Gasteiger partial charge in [-0.3, -0.25) is 4.79 Å². The quantitative estimate of drug-likeness (QED) is 0.913. The number of benzene rings is 2. The normalized spacial score (nSPS) is 12.1. The highest BCUT2D eigenvalue weighted by molar-refractivity contribution is 5.81. The molecule has 0 aromatic heterocycles. The molecule has 5 nitrogen and oxygen atoms in total. The number of nitrogens with zero attached hydrogens (tertiary/aromatic N) is 1. The molecule has 0 bridgehead atoms. The van der Waals surface area contributed by atoms with Crippen molar-refractivity contribution in [3.05, 3.63) is 53.6 Å². The number of carbonyl (C=O) groups is 1. The van der Waals surface area contributed by atoms with E-state index in [4.69, 9.17) is 9.47 Å². The zero-order valence-corrected chi connectivity index (χ0v) is 13.0. The molecule has 2 aromatic carbocycles. The molecule has 2 aromatic rings. The fraction of sp³-hybridized carbons (Fsp3) is 0.235. The third kappa shape index (κ3) is 3.56. The Morgan fingerprint density at radius 3 is 2.71 bits per heavy atom. The molecule has 0 saturated carbocycles. The Morgan fingerprint density at radius 2 is 1.92 bits per heavy atom. The van der Waals surface area contributed by atoms with E-state index >= 15 is 0 Å². The number of halogens is 2. The Hall–Kier alpha value is -2.83. The van der Waals surface area contributed by atoms with E-state index in [2.05, 4.69) is 5.32 Å². The van der Waals surface area contributed by atoms with Gasteiger partial charge in [0.2, 0.25) is 12.7 Å². The minimum absolute atomic E-state index is 0.0234. The van der Waals surface area contributed by atoms with Gasteiger partial charge in [-0.25, -0.2) is 8.78 Å². The second-order valence-electron chi connectivity index (χ2n) is 5.42. The Labute approximate surface area is 137 Å². The van der Waals surface area contributed by atoms with Crippen LogP contribution in [0.1, 0.15) is 5.56 Å². The molecule has 1 amide bonds. The first-order valence-corrected chi connectivity index (χ1v) is 7.34. The maximum absolute atomic E-state index is 13.2. The van der Waals surface area contributed by atoms with Crippen molar-refractivity contribution < 1.29 is 23.0 Å². The summed E-state index contributed by atoms with van der Waals surface area (Å²) in [6.45, 7) is 0.556. The van der Waals surface area contributed by atoms with Gasteiger partial charge in [-0.2, -0.15) is 0 Å². The van der Waals surface area contributed by atoms with E-state index in [0.29, 0.717) is 23.7 Å². The third-order valence-corrected chi connectivity index (χ3v) is 3.65. The van der Waals surface area contributed by atoms with Crippen LogP contribution in [0.4, 0.5) is 14.5 Å². The smallest absolute Gasteiger partial charge is 0.239 e. The highest BCUT2D eigenvalue weighted by atomic mass is 19.2. The lowest BCUT2D eigenvalue weighted by atomic mass is 10.2. The number of rotatable bonds is 5. The first-order valence-electron chi connectivity index (χ1n) is 7.34. The molecule has 24 heavy (non-hydrogen) atoms. The molecule has 1 aliphatic heterocycles. The van der Waals surface area contributed by atoms with E-state index in [1.165, 1.54) is 11.0 Å². The molecule has 0 aliphatic carbocycles. The molecule has 0 unspecified atom stereocenters. The highest BCUT2D eigenvalue weighted by Crippen LogP contribution is 2.32. The molecule has 1 aliphatic rings. The molecular weight excluding hydrogens is 318 g/mol. The maximum atomic E-state index is 13.2. The van der Waals surface area contributed by atoms with Crippen LogP contribution in [-0.4, -0.2) is 26.3 Å². The fourth-order valence-corrected chi connectivity index (χ4v) is 2.34. The highest BCUT2D eigenvalue weighted by Gasteiger charge is 2.14. The van der Waals surface area contributed by atoms with Crippen molar-refractivity contribution in [1.82, 2.24) is 5.32 Å². The average Bonchev–Trinajstić information content (AvgIpc) is 3.03. The summed E-state index contributed by atoms with van der Waals surface area (Å²) < 4.78 is 36.7. The van der Waals surface area contributed by atoms with Crippen LogP contribution in [-0.2, 0) is 11.3 Å². The minimum Gasteiger partial charge on any atom is -0.454 e. The lowest BCUT2D eigenvalue weighted by molar-refractivity contribution is -0.119. The average molecular weight is 334 g/mol. The van der Waals surface area contributed by atoms with Crippen LogP contribution < -0.4 is 19.7 Å². The number of anilines is 1. The van der Waals surface area contributed by atoms with Crippen molar-refractivity contribution >= 4 is 11.6 Å². The molecule has 0 fully saturated rings. The zero-order chi connectivity index (χ0) is 17.1. The predicted molar refractivity (Wildman–Crippen MR) is 84.0 cm³/mol. The second-order valence-corrected chi connectivity index (χ2v) is 5.42. The molecule has 126 valence electrons. The predicted octanol–water partition coefficient (Wildman–Crippen LogP) is 2.45. The van der Waals surface area contributed by atoms with E-state index in [1.54, 1.807) is 13.1 Å². The SMILES string of the molecule is CN(CC(=O)NCc1ccc2c(c1)OCO2)c1ccc(F)c(F)c1. The number of hydrogen-bond donors (Lipinski definition) is 1. The van der Waals surface area contributed by atoms with E-state index < -0.39 is 11.6 Å². The van der Waals surface area contributed by atoms with Gasteiger partial charge in [-0.1, -0.05) is 6.07 Å². The molecule has 0 atom stereocenters. The van der Waals surface area contributed by atoms with Gasteiger partial charge in [0.15, 0.2) is 23.1 Å². The van der Waals surface area contributed by atoms with Crippen molar-refractivity contribution in [3.63, 3.8) is 0 Å². The summed E-state index contributed by atoms with van der Waals surface area (Å²) in [5.41, 5.74) is 1.30. The van der Waals surface area contributed by atoms with E-state index in [-0.39, 0.29) is 19.2 Å². The summed E-state index contributed by atoms with van der Waals surface area (Å²) in [5.74, 6) is -0.761. The summed E-state index contributed by atoms with van der Waals surface area (Å²) in [6.07, 6.45) is 0. The number of nitrogens with one attached hydrogen (secondary N) is 1. The number of fused-ring (bicyclic) bond motifs is 1. The van der Waals surface area contributed by atoms with E-state index in [1.807, 2.05) is 12.1 Å². The van der Waals surface area contributed by atoms with Crippen LogP contribution >= 0.6 is 0 Å². The van der Waals surface area contributed by atoms with Crippen LogP contribution in [0.25, 0.3) is 0 Å². The number of carbonyl (C=O) groups excluding carboxylic acids is 1. The lowest BCUT2D eigenvalue weighted by Gasteiger charge is -2.19. The number of amides is 1. The Kier molecular flexibility index (Phi) is 4.50. The van der Waals surface area contributed by atoms with E-state index in [9.17, 15) is 13.6 Å². The molecule has 7 heteroatoms. The second kappa shape index (κ2) is 6.74. The van der Waals surface area contributed by atoms with Gasteiger partial charge < -0.3 is 19.7 Å². The molecule has 3 rings (SSSR count). The van der Waals surface area contributed by atoms with Gasteiger partial charge in [0.1, 0.15) is 0 Å². The van der Waals surface area contributed by atoms with Gasteiger partial charge >= 0.3 is 0 Å². The van der Waals surface area contributed by atoms with Crippen molar-refractivity contribution in [2.45, 2.75) is 6.54 Å². The first kappa shape index (κ1) is 16.0. The Morgan fingerprint density at radius 1 is 1.12 bits per heavy atom. The molecule has 0 radical (unpaired) electrons. The van der Waals surface area contributed by atoms with Crippen molar-refractivity contribution in [3.8, 4) is 11.5 Å². The third-order valence-electron chi connectivity index (χ3n) is 3.65. The van der Waals surface area contributed by atoms with Gasteiger partial charge in [0.05, 0.1) is 6.54 Å². The van der Waals surface area contributed by atoms with Gasteiger partial charge in [0.25, 0.3) is 0 Å². The Balaban J connectivity index is 1.54. The summed E-state index contributed by atoms with van der Waals surface area (Å²) in [5, 5.41) is 2.77. The fourth-order valence-electron chi connectivity index (χ4n) is 2.34. The van der Waals surface area contributed by atoms with Crippen LogP contribution in [0.2, 0.25) is 0 Å². The maximum Gasteiger partial charge on any atom is 0.239 e. The molecule has 0 saturated heterocycles. The standard InChI is InChI=1S/C17H16F2N2O3/c1-21(12-3-4-13(18)14(19)7-12)9-17(22)20-8-11-2-5-15-16(6-11)24-10-23-15/h2-7H,8-10H2,1H3,(H,20,22). The molecule has 1 N–H and O–H groups in total. The monoisotopic (exact) mass is 334 g/mol. The summed E-state index contributed by atoms with van der Waals surface area (Å²) in [7, 11) is 1.63. The van der Waals surface area contributed by atoms with Gasteiger partial charge in [0, 0.05) is 25.3 Å². The van der Waals surface area contributed by atoms with Gasteiger partial charge in [-0.15, -0.1) is 0 Å². The number of ether oxygens (including phenoxy) is 2. The summed E-state index contributed by atoms with van der Waals surface area (Å²) in [6, 6.07) is 8.95. The van der Waals surface area contributed by atoms with Gasteiger partial charge in [-0.05, 0) is 29.8 Å². The van der Waals surface area contributed by atoms with Crippen molar-refractivity contribution in [2.24, 2.45) is 0 Å². The molecule has 0 spiro atoms. The van der Waals surface area contributed by atoms with Crippen LogP contribution in [0.5, 0.6) is 11.5 Å². The molecule has 1 heterocycles. The van der Waals surface area contributed by atoms with Crippen molar-refractivity contribution in [2.75, 3.05) is 25.3 Å². The first-order chi connectivity index (χ1) is 11.5. The topological polar surface area (TPSA) is 50.8 Å². The zero-order valence-electron chi connectivity index (χ0n) is 13.0. The summed E-state index contributed by atoms with van der Waals surface area (Å²) in [4.78, 5) is 13.5. The van der Waals surface area contributed by atoms with Crippen molar-refractivity contribution in [1.29, 1.82) is 0 Å². The number of hydrogen-bond acceptors (Lipinski definition) is 4. The number of likely N-dealkylation sites (N-methyl/N-ethyl adjacent to an activating group) is 1. The van der Waals surface area contributed by atoms with Crippen LogP contribution in [0.3, 0.4) is 0 Å². The minimum atomic E-state index is -0.944. The van der Waals surface area contributed by atoms with E-state index in [0.717, 1.165) is 17.7 Å². The lowest BCUT2D eigenvalue weighted by Crippen LogP contribution is -2.34. The largest absolute Gasteiger partial charge is 0.454 e. The van der Waals surface area contributed by atoms with Crippen LogP contribution in [0.15, 0.2) is 36.4 Å². The molecular formula is C17H16F2N2O3. The summed E-state index contributed by atoms with van der Waals surface area (Å²) >= 11 is 0.